The first-order valence-corrected chi connectivity index (χ1v) is 29.0. The third-order valence-corrected chi connectivity index (χ3v) is 12.8. The van der Waals surface area contributed by atoms with E-state index in [1.54, 1.807) is 6.92 Å². The Kier molecular flexibility index (Phi) is 43.7. The number of carbonyl (C=O) groups is 3. The van der Waals surface area contributed by atoms with Gasteiger partial charge in [-0.2, -0.15) is 0 Å². The lowest BCUT2D eigenvalue weighted by molar-refractivity contribution is -0.376. The topological polar surface area (TPSA) is 423 Å². The Labute approximate surface area is 495 Å². The molecule has 3 saturated heterocycles. The number of carbonyl (C=O) groups excluding carboxylic acids is 3. The van der Waals surface area contributed by atoms with Crippen LogP contribution in [0.4, 0.5) is 0 Å². The number of aliphatic hydroxyl groups excluding tert-OH is 9. The number of nitrogens with one attached hydrogen (secondary N) is 2. The van der Waals surface area contributed by atoms with Gasteiger partial charge in [0.05, 0.1) is 178 Å². The van der Waals surface area contributed by atoms with Crippen LogP contribution in [-0.4, -0.2) is 347 Å². The first-order chi connectivity index (χ1) is 41.2. The molecule has 3 heterocycles. The van der Waals surface area contributed by atoms with Gasteiger partial charge in [0.1, 0.15) is 79.0 Å². The van der Waals surface area contributed by atoms with Gasteiger partial charge in [0.25, 0.3) is 0 Å². The highest BCUT2D eigenvalue weighted by Crippen LogP contribution is 2.33. The first-order valence-electron chi connectivity index (χ1n) is 29.0. The van der Waals surface area contributed by atoms with E-state index >= 15 is 0 Å². The Hall–Kier alpha value is -2.47. The van der Waals surface area contributed by atoms with E-state index < -0.39 is 118 Å². The van der Waals surface area contributed by atoms with E-state index in [9.17, 15) is 60.3 Å². The normalized spacial score (nSPS) is 28.0. The van der Waals surface area contributed by atoms with Gasteiger partial charge in [0.2, 0.25) is 11.8 Å². The molecule has 0 aromatic heterocycles. The van der Waals surface area contributed by atoms with Gasteiger partial charge in [0, 0.05) is 32.9 Å². The Bertz CT molecular complexity index is 1670. The molecule has 11 N–H and O–H groups in total. The van der Waals surface area contributed by atoms with E-state index in [0.29, 0.717) is 152 Å². The summed E-state index contributed by atoms with van der Waals surface area (Å²) >= 11 is 0. The Morgan fingerprint density at radius 1 is 0.376 bits per heavy atom. The zero-order chi connectivity index (χ0) is 61.9. The molecule has 0 spiro atoms. The van der Waals surface area contributed by atoms with Gasteiger partial charge in [-0.25, -0.2) is 0 Å². The van der Waals surface area contributed by atoms with Crippen LogP contribution in [-0.2, 0) is 99.6 Å². The van der Waals surface area contributed by atoms with E-state index in [4.69, 9.17) is 85.3 Å². The second-order valence-corrected chi connectivity index (χ2v) is 19.5. The molecule has 3 fully saturated rings. The van der Waals surface area contributed by atoms with E-state index in [0.717, 1.165) is 6.42 Å². The second kappa shape index (κ2) is 48.4. The number of ketones is 1. The largest absolute Gasteiger partial charge is 0.394 e. The zero-order valence-electron chi connectivity index (χ0n) is 49.1. The van der Waals surface area contributed by atoms with E-state index in [2.05, 4.69) is 10.6 Å². The van der Waals surface area contributed by atoms with Gasteiger partial charge in [-0.15, -0.1) is 0 Å². The Morgan fingerprint density at radius 2 is 0.753 bits per heavy atom. The van der Waals surface area contributed by atoms with Gasteiger partial charge in [-0.05, 0) is 19.8 Å². The summed E-state index contributed by atoms with van der Waals surface area (Å²) in [5.41, 5.74) is 0. The summed E-state index contributed by atoms with van der Waals surface area (Å²) in [5.74, 6) is -0.718. The molecule has 0 saturated carbocycles. The predicted octanol–water partition coefficient (Wildman–Crippen LogP) is -5.94. The van der Waals surface area contributed by atoms with Crippen molar-refractivity contribution in [2.24, 2.45) is 0 Å². The van der Waals surface area contributed by atoms with Crippen molar-refractivity contribution in [3.05, 3.63) is 0 Å². The molecule has 0 bridgehead atoms. The molecule has 0 aromatic rings. The molecular weight excluding hydrogens is 1140 g/mol. The molecule has 3 aliphatic rings. The molecule has 6 unspecified atom stereocenters. The van der Waals surface area contributed by atoms with Crippen LogP contribution in [0.25, 0.3) is 0 Å². The number of amides is 2. The number of hydrogen-bond donors (Lipinski definition) is 11. The van der Waals surface area contributed by atoms with Gasteiger partial charge >= 0.3 is 0 Å². The Balaban J connectivity index is 1.10. The summed E-state index contributed by atoms with van der Waals surface area (Å²) < 4.78 is 99.8. The van der Waals surface area contributed by atoms with E-state index in [-0.39, 0.29) is 50.9 Å². The molecular formula is C53H98N2O30. The maximum absolute atomic E-state index is 12.4. The lowest BCUT2D eigenvalue weighted by Crippen LogP contribution is -2.68. The minimum Gasteiger partial charge on any atom is -0.394 e. The van der Waals surface area contributed by atoms with Crippen molar-refractivity contribution in [2.45, 2.75) is 132 Å². The van der Waals surface area contributed by atoms with E-state index in [1.807, 2.05) is 0 Å². The highest BCUT2D eigenvalue weighted by atomic mass is 16.8. The monoisotopic (exact) mass is 1240 g/mol. The summed E-state index contributed by atoms with van der Waals surface area (Å²) in [4.78, 5) is 35.5. The van der Waals surface area contributed by atoms with Crippen LogP contribution in [0.1, 0.15) is 39.5 Å². The number of ether oxygens (including phenoxy) is 18. The van der Waals surface area contributed by atoms with Gasteiger partial charge in [-0.1, -0.05) is 0 Å². The number of hydrogen-bond acceptors (Lipinski definition) is 30. The van der Waals surface area contributed by atoms with Crippen molar-refractivity contribution in [3.63, 3.8) is 0 Å². The minimum absolute atomic E-state index is 0.0376. The van der Waals surface area contributed by atoms with Crippen molar-refractivity contribution in [3.8, 4) is 0 Å². The molecule has 85 heavy (non-hydrogen) atoms. The molecule has 2 amide bonds. The third kappa shape index (κ3) is 32.7. The lowest BCUT2D eigenvalue weighted by Gasteiger charge is -2.48. The maximum atomic E-state index is 12.4. The minimum atomic E-state index is -1.96. The van der Waals surface area contributed by atoms with Crippen molar-refractivity contribution < 1.29 is 146 Å². The average Bonchev–Trinajstić information content (AvgIpc) is 2.36. The fourth-order valence-electron chi connectivity index (χ4n) is 8.28. The Morgan fingerprint density at radius 3 is 1.16 bits per heavy atom. The molecule has 32 nitrogen and oxygen atoms in total. The van der Waals surface area contributed by atoms with Gasteiger partial charge < -0.3 is 147 Å². The number of aliphatic hydroxyl groups is 9. The third-order valence-electron chi connectivity index (χ3n) is 12.8. The van der Waals surface area contributed by atoms with Crippen molar-refractivity contribution in [1.29, 1.82) is 0 Å². The summed E-state index contributed by atoms with van der Waals surface area (Å²) in [5, 5.41) is 99.6. The zero-order valence-corrected chi connectivity index (χ0v) is 49.1. The summed E-state index contributed by atoms with van der Waals surface area (Å²) in [6.45, 7) is 10.6. The highest BCUT2D eigenvalue weighted by Gasteiger charge is 2.54. The standard InChI is InChI=1S/C53H98N2O30/c1-36(59)5-3-8-68-11-13-70-15-17-72-19-21-74-23-25-76-27-29-78-31-32-79-30-28-77-26-24-75-22-20-73-18-16-71-14-12-69-10-6-41(61)54-7-4-9-80-51-42(55-37(2)60)45(64)49(40(35-58)83-51)84-53-48(67)50(44(63)39(34-57)82-53)85-52-47(66)46(65)43(62)38(33-56)81-52/h38-40,42-53,56-58,62-67H,3-35H2,1-2H3,(H,54,61)(H,55,60)/t38?,39?,40?,42?,43-,44-,45+,46-,47?,48?,49+,50-,51+,52+,53-/m0/s1. The predicted molar refractivity (Wildman–Crippen MR) is 289 cm³/mol. The van der Waals surface area contributed by atoms with Crippen LogP contribution in [0.3, 0.4) is 0 Å². The van der Waals surface area contributed by atoms with Crippen molar-refractivity contribution >= 4 is 17.6 Å². The van der Waals surface area contributed by atoms with Crippen LogP contribution >= 0.6 is 0 Å². The highest BCUT2D eigenvalue weighted by molar-refractivity contribution is 5.76. The quantitative estimate of drug-likeness (QED) is 0.0253. The first kappa shape index (κ1) is 76.8. The molecule has 0 aromatic carbocycles. The maximum Gasteiger partial charge on any atom is 0.222 e. The SMILES string of the molecule is CC(=O)CCCOCCOCCOCCOCCOCCOCCOCCOCCOCCOCCOCCOCCC(=O)NCCCO[C@@H]1OC(CO)[C@@H](O[C@@H]2OC(CO)[C@H](O)[C@H](O[C@H]3OC(CO)[C@H](O)[C@H](O)C3O)C2O)[C@H](O)C1NC(C)=O. The second-order valence-electron chi connectivity index (χ2n) is 19.5. The van der Waals surface area contributed by atoms with Gasteiger partial charge in [-0.3, -0.25) is 9.59 Å². The molecule has 32 heteroatoms. The van der Waals surface area contributed by atoms with Crippen LogP contribution in [0.5, 0.6) is 0 Å². The molecule has 15 atom stereocenters. The van der Waals surface area contributed by atoms with E-state index in [1.165, 1.54) is 6.92 Å². The average molecular weight is 1240 g/mol. The molecule has 0 aliphatic carbocycles. The number of rotatable bonds is 53. The number of Topliss-reactive ketones (excluding diaryl/α,β-unsaturated/α-hetero) is 1. The van der Waals surface area contributed by atoms with Gasteiger partial charge in [0.15, 0.2) is 18.9 Å². The molecule has 3 rings (SSSR count). The lowest BCUT2D eigenvalue weighted by atomic mass is 9.95. The molecule has 0 radical (unpaired) electrons. The summed E-state index contributed by atoms with van der Waals surface area (Å²) in [6.07, 6.45) is -21.9. The van der Waals surface area contributed by atoms with Crippen LogP contribution in [0.2, 0.25) is 0 Å². The summed E-state index contributed by atoms with van der Waals surface area (Å²) in [7, 11) is 0. The van der Waals surface area contributed by atoms with Crippen molar-refractivity contribution in [1.82, 2.24) is 10.6 Å². The fourth-order valence-corrected chi connectivity index (χ4v) is 8.28. The molecule has 500 valence electrons. The molecule has 3 aliphatic heterocycles. The summed E-state index contributed by atoms with van der Waals surface area (Å²) in [6, 6.07) is -1.31. The smallest absolute Gasteiger partial charge is 0.222 e. The fraction of sp³-hybridized carbons (Fsp3) is 0.943. The van der Waals surface area contributed by atoms with Crippen LogP contribution in [0.15, 0.2) is 0 Å². The van der Waals surface area contributed by atoms with Crippen LogP contribution < -0.4 is 10.6 Å². The van der Waals surface area contributed by atoms with Crippen molar-refractivity contribution in [2.75, 3.05) is 192 Å². The van der Waals surface area contributed by atoms with Crippen LogP contribution in [0, 0.1) is 0 Å².